The SMILES string of the molecule is CC[C@@H](C)NC(=O)[C@@H](CC)N(Cc1c(Cl)cccc1Cl)C(=O)CSCc1cccc(C)c1. The lowest BCUT2D eigenvalue weighted by Gasteiger charge is -2.32. The minimum absolute atomic E-state index is 0.0353. The van der Waals surface area contributed by atoms with Crippen molar-refractivity contribution in [2.75, 3.05) is 5.75 Å². The molecule has 0 saturated carbocycles. The summed E-state index contributed by atoms with van der Waals surface area (Å²) in [5.74, 6) is 0.736. The average Bonchev–Trinajstić information content (AvgIpc) is 2.75. The summed E-state index contributed by atoms with van der Waals surface area (Å²) < 4.78 is 0. The van der Waals surface area contributed by atoms with Crippen LogP contribution in [0.4, 0.5) is 0 Å². The maximum atomic E-state index is 13.3. The van der Waals surface area contributed by atoms with Crippen LogP contribution in [0.25, 0.3) is 0 Å². The van der Waals surface area contributed by atoms with Crippen molar-refractivity contribution < 1.29 is 9.59 Å². The van der Waals surface area contributed by atoms with Crippen LogP contribution in [-0.2, 0) is 21.9 Å². The standard InChI is InChI=1S/C25H32Cl2N2O2S/c1-5-18(4)28-25(31)23(6-2)29(14-20-21(26)11-8-12-22(20)27)24(30)16-32-15-19-10-7-9-17(3)13-19/h7-13,18,23H,5-6,14-16H2,1-4H3,(H,28,31)/t18-,23-/m1/s1. The lowest BCUT2D eigenvalue weighted by atomic mass is 10.1. The van der Waals surface area contributed by atoms with Crippen LogP contribution >= 0.6 is 35.0 Å². The molecule has 0 unspecified atom stereocenters. The number of carbonyl (C=O) groups is 2. The van der Waals surface area contributed by atoms with Gasteiger partial charge in [0.1, 0.15) is 6.04 Å². The fourth-order valence-electron chi connectivity index (χ4n) is 3.36. The van der Waals surface area contributed by atoms with Crippen molar-refractivity contribution in [2.45, 2.75) is 64.9 Å². The summed E-state index contributed by atoms with van der Waals surface area (Å²) in [6.45, 7) is 8.12. The molecule has 7 heteroatoms. The van der Waals surface area contributed by atoms with E-state index in [0.717, 1.165) is 12.2 Å². The zero-order chi connectivity index (χ0) is 23.7. The lowest BCUT2D eigenvalue weighted by Crippen LogP contribution is -2.51. The van der Waals surface area contributed by atoms with Gasteiger partial charge in [0.2, 0.25) is 11.8 Å². The Morgan fingerprint density at radius 2 is 1.72 bits per heavy atom. The van der Waals surface area contributed by atoms with Crippen molar-refractivity contribution in [3.8, 4) is 0 Å². The maximum Gasteiger partial charge on any atom is 0.243 e. The molecule has 2 amide bonds. The van der Waals surface area contributed by atoms with Crippen LogP contribution in [-0.4, -0.2) is 34.6 Å². The maximum absolute atomic E-state index is 13.3. The number of nitrogens with zero attached hydrogens (tertiary/aromatic N) is 1. The molecule has 32 heavy (non-hydrogen) atoms. The van der Waals surface area contributed by atoms with Crippen molar-refractivity contribution in [1.82, 2.24) is 10.2 Å². The van der Waals surface area contributed by atoms with Gasteiger partial charge in [-0.25, -0.2) is 0 Å². The van der Waals surface area contributed by atoms with E-state index in [1.54, 1.807) is 23.1 Å². The average molecular weight is 496 g/mol. The molecule has 0 aromatic heterocycles. The number of rotatable bonds is 11. The van der Waals surface area contributed by atoms with Crippen LogP contribution in [0.3, 0.4) is 0 Å². The van der Waals surface area contributed by atoms with Crippen LogP contribution < -0.4 is 5.32 Å². The highest BCUT2D eigenvalue weighted by atomic mass is 35.5. The molecule has 0 aliphatic carbocycles. The van der Waals surface area contributed by atoms with Gasteiger partial charge in [-0.05, 0) is 44.4 Å². The second-order valence-corrected chi connectivity index (χ2v) is 9.75. The molecule has 2 aromatic rings. The van der Waals surface area contributed by atoms with Gasteiger partial charge in [0.25, 0.3) is 0 Å². The van der Waals surface area contributed by atoms with Crippen molar-refractivity contribution >= 4 is 46.8 Å². The van der Waals surface area contributed by atoms with E-state index in [4.69, 9.17) is 23.2 Å². The van der Waals surface area contributed by atoms with Crippen LogP contribution in [0.5, 0.6) is 0 Å². The molecule has 2 atom stereocenters. The summed E-state index contributed by atoms with van der Waals surface area (Å²) in [4.78, 5) is 28.0. The normalized spacial score (nSPS) is 12.8. The topological polar surface area (TPSA) is 49.4 Å². The number of benzene rings is 2. The molecule has 4 nitrogen and oxygen atoms in total. The zero-order valence-corrected chi connectivity index (χ0v) is 21.5. The number of hydrogen-bond acceptors (Lipinski definition) is 3. The third-order valence-electron chi connectivity index (χ3n) is 5.35. The largest absolute Gasteiger partial charge is 0.352 e. The van der Waals surface area contributed by atoms with Crippen molar-refractivity contribution in [3.63, 3.8) is 0 Å². The second kappa shape index (κ2) is 13.1. The molecule has 1 N–H and O–H groups in total. The van der Waals surface area contributed by atoms with Gasteiger partial charge >= 0.3 is 0 Å². The summed E-state index contributed by atoms with van der Waals surface area (Å²) in [6.07, 6.45) is 1.32. The van der Waals surface area contributed by atoms with Gasteiger partial charge < -0.3 is 10.2 Å². The minimum Gasteiger partial charge on any atom is -0.352 e. The van der Waals surface area contributed by atoms with Crippen LogP contribution in [0.15, 0.2) is 42.5 Å². The molecule has 0 fully saturated rings. The van der Waals surface area contributed by atoms with E-state index >= 15 is 0 Å². The third-order valence-corrected chi connectivity index (χ3v) is 7.05. The highest BCUT2D eigenvalue weighted by Gasteiger charge is 2.30. The first-order valence-corrected chi connectivity index (χ1v) is 12.8. The molecule has 0 aliphatic rings. The number of carbonyl (C=O) groups excluding carboxylic acids is 2. The van der Waals surface area contributed by atoms with Gasteiger partial charge in [-0.3, -0.25) is 9.59 Å². The van der Waals surface area contributed by atoms with Crippen molar-refractivity contribution in [2.24, 2.45) is 0 Å². The Hall–Kier alpha value is -1.69. The fraction of sp³-hybridized carbons (Fsp3) is 0.440. The van der Waals surface area contributed by atoms with Gasteiger partial charge in [-0.2, -0.15) is 0 Å². The molecule has 0 heterocycles. The van der Waals surface area contributed by atoms with Crippen molar-refractivity contribution in [1.29, 1.82) is 0 Å². The molecule has 0 saturated heterocycles. The van der Waals surface area contributed by atoms with Gasteiger partial charge in [0.05, 0.1) is 5.75 Å². The van der Waals surface area contributed by atoms with Gasteiger partial charge in [0.15, 0.2) is 0 Å². The molecule has 2 aromatic carbocycles. The van der Waals surface area contributed by atoms with Crippen molar-refractivity contribution in [3.05, 3.63) is 69.2 Å². The Morgan fingerprint density at radius 1 is 1.06 bits per heavy atom. The molecule has 0 aliphatic heterocycles. The second-order valence-electron chi connectivity index (χ2n) is 7.95. The number of halogens is 2. The molecule has 0 spiro atoms. The van der Waals surface area contributed by atoms with E-state index in [1.807, 2.05) is 26.8 Å². The Balaban J connectivity index is 2.21. The third kappa shape index (κ3) is 7.72. The predicted molar refractivity (Wildman–Crippen MR) is 136 cm³/mol. The summed E-state index contributed by atoms with van der Waals surface area (Å²) >= 11 is 14.3. The van der Waals surface area contributed by atoms with Gasteiger partial charge in [-0.15, -0.1) is 11.8 Å². The fourth-order valence-corrected chi connectivity index (χ4v) is 4.73. The molecule has 0 bridgehead atoms. The monoisotopic (exact) mass is 494 g/mol. The Bertz CT molecular complexity index is 902. The number of thioether (sulfide) groups is 1. The van der Waals surface area contributed by atoms with Crippen LogP contribution in [0, 0.1) is 6.92 Å². The number of hydrogen-bond donors (Lipinski definition) is 1. The predicted octanol–water partition coefficient (Wildman–Crippen LogP) is 6.26. The van der Waals surface area contributed by atoms with E-state index in [1.165, 1.54) is 22.9 Å². The number of amides is 2. The summed E-state index contributed by atoms with van der Waals surface area (Å²) in [7, 11) is 0. The smallest absolute Gasteiger partial charge is 0.243 e. The molecular formula is C25H32Cl2N2O2S. The lowest BCUT2D eigenvalue weighted by molar-refractivity contribution is -0.139. The molecule has 0 radical (unpaired) electrons. The zero-order valence-electron chi connectivity index (χ0n) is 19.2. The summed E-state index contributed by atoms with van der Waals surface area (Å²) in [6, 6.07) is 13.0. The quantitative estimate of drug-likeness (QED) is 0.401. The van der Waals surface area contributed by atoms with E-state index in [2.05, 4.69) is 30.4 Å². The van der Waals surface area contributed by atoms with Crippen LogP contribution in [0.2, 0.25) is 10.0 Å². The molecular weight excluding hydrogens is 463 g/mol. The van der Waals surface area contributed by atoms with E-state index < -0.39 is 6.04 Å². The minimum atomic E-state index is -0.594. The molecule has 2 rings (SSSR count). The van der Waals surface area contributed by atoms with Gasteiger partial charge in [0, 0.05) is 33.9 Å². The Kier molecular flexibility index (Phi) is 10.9. The number of aryl methyl sites for hydroxylation is 1. The number of nitrogens with one attached hydrogen (secondary N) is 1. The van der Waals surface area contributed by atoms with Gasteiger partial charge in [-0.1, -0.05) is 72.9 Å². The Morgan fingerprint density at radius 3 is 2.31 bits per heavy atom. The summed E-state index contributed by atoms with van der Waals surface area (Å²) in [5.41, 5.74) is 3.02. The highest BCUT2D eigenvalue weighted by molar-refractivity contribution is 7.99. The van der Waals surface area contributed by atoms with E-state index in [0.29, 0.717) is 22.0 Å². The first kappa shape index (κ1) is 26.6. The first-order valence-electron chi connectivity index (χ1n) is 10.9. The first-order chi connectivity index (χ1) is 15.3. The van der Waals surface area contributed by atoms with E-state index in [9.17, 15) is 9.59 Å². The van der Waals surface area contributed by atoms with E-state index in [-0.39, 0.29) is 30.2 Å². The molecule has 174 valence electrons. The Labute approximate surface area is 206 Å². The van der Waals surface area contributed by atoms with Crippen LogP contribution in [0.1, 0.15) is 50.3 Å². The summed E-state index contributed by atoms with van der Waals surface area (Å²) in [5, 5.41) is 3.99. The highest BCUT2D eigenvalue weighted by Crippen LogP contribution is 2.27.